The van der Waals surface area contributed by atoms with Gasteiger partial charge in [-0.05, 0) is 30.1 Å². The van der Waals surface area contributed by atoms with Gasteiger partial charge in [0.15, 0.2) is 11.6 Å². The van der Waals surface area contributed by atoms with Gasteiger partial charge in [-0.15, -0.1) is 11.3 Å². The van der Waals surface area contributed by atoms with Crippen molar-refractivity contribution in [1.82, 2.24) is 30.0 Å². The SMILES string of the molecule is CN1CCN(c2nc(/C=C/c3ccccc3)nc(Nc3cc(-c4cccs4)[nH]n3)n2)CC1. The predicted molar refractivity (Wildman–Crippen MR) is 130 cm³/mol. The van der Waals surface area contributed by atoms with Crippen LogP contribution in [0.4, 0.5) is 17.7 Å². The lowest BCUT2D eigenvalue weighted by molar-refractivity contribution is 0.311. The maximum atomic E-state index is 4.72. The Labute approximate surface area is 190 Å². The first-order valence-electron chi connectivity index (χ1n) is 10.5. The van der Waals surface area contributed by atoms with Crippen LogP contribution in [0.3, 0.4) is 0 Å². The molecular formula is C23H24N8S. The van der Waals surface area contributed by atoms with E-state index in [9.17, 15) is 0 Å². The Morgan fingerprint density at radius 2 is 1.81 bits per heavy atom. The molecule has 0 saturated carbocycles. The summed E-state index contributed by atoms with van der Waals surface area (Å²) in [6.45, 7) is 3.72. The number of thiophene rings is 1. The summed E-state index contributed by atoms with van der Waals surface area (Å²) >= 11 is 1.66. The number of piperazine rings is 1. The number of benzene rings is 1. The minimum absolute atomic E-state index is 0.478. The molecule has 8 nitrogen and oxygen atoms in total. The lowest BCUT2D eigenvalue weighted by Crippen LogP contribution is -2.45. The molecule has 2 N–H and O–H groups in total. The van der Waals surface area contributed by atoms with E-state index < -0.39 is 0 Å². The summed E-state index contributed by atoms with van der Waals surface area (Å²) in [7, 11) is 2.13. The summed E-state index contributed by atoms with van der Waals surface area (Å²) in [6.07, 6.45) is 3.93. The predicted octanol–water partition coefficient (Wildman–Crippen LogP) is 3.99. The van der Waals surface area contributed by atoms with Crippen molar-refractivity contribution >= 4 is 41.2 Å². The molecule has 1 aliphatic heterocycles. The van der Waals surface area contributed by atoms with Crippen molar-refractivity contribution in [1.29, 1.82) is 0 Å². The van der Waals surface area contributed by atoms with Gasteiger partial charge in [0, 0.05) is 32.2 Å². The molecular weight excluding hydrogens is 420 g/mol. The molecule has 0 atom stereocenters. The van der Waals surface area contributed by atoms with E-state index in [4.69, 9.17) is 9.97 Å². The summed E-state index contributed by atoms with van der Waals surface area (Å²) in [5, 5.41) is 12.7. The lowest BCUT2D eigenvalue weighted by atomic mass is 10.2. The van der Waals surface area contributed by atoms with Crippen molar-refractivity contribution in [3.63, 3.8) is 0 Å². The van der Waals surface area contributed by atoms with Crippen LogP contribution in [0.25, 0.3) is 22.7 Å². The van der Waals surface area contributed by atoms with Gasteiger partial charge in [0.2, 0.25) is 11.9 Å². The number of H-pyrrole nitrogens is 1. The highest BCUT2D eigenvalue weighted by Gasteiger charge is 2.18. The van der Waals surface area contributed by atoms with Gasteiger partial charge in [0.25, 0.3) is 0 Å². The second kappa shape index (κ2) is 9.29. The Balaban J connectivity index is 1.42. The molecule has 162 valence electrons. The number of likely N-dealkylation sites (N-methyl/N-ethyl adjacent to an activating group) is 1. The van der Waals surface area contributed by atoms with Crippen LogP contribution in [-0.4, -0.2) is 63.3 Å². The topological polar surface area (TPSA) is 85.9 Å². The van der Waals surface area contributed by atoms with Crippen molar-refractivity contribution in [2.45, 2.75) is 0 Å². The number of hydrogen-bond acceptors (Lipinski definition) is 8. The molecule has 3 aromatic heterocycles. The van der Waals surface area contributed by atoms with Crippen LogP contribution >= 0.6 is 11.3 Å². The van der Waals surface area contributed by atoms with Crippen LogP contribution in [0.2, 0.25) is 0 Å². The van der Waals surface area contributed by atoms with E-state index in [0.717, 1.165) is 42.3 Å². The second-order valence-corrected chi connectivity index (χ2v) is 8.57. The minimum Gasteiger partial charge on any atom is -0.338 e. The van der Waals surface area contributed by atoms with Gasteiger partial charge in [0.05, 0.1) is 10.6 Å². The number of aromatic nitrogens is 5. The van der Waals surface area contributed by atoms with E-state index in [-0.39, 0.29) is 0 Å². The summed E-state index contributed by atoms with van der Waals surface area (Å²) in [5.41, 5.74) is 2.05. The molecule has 0 unspecified atom stereocenters. The van der Waals surface area contributed by atoms with Crippen LogP contribution in [0, 0.1) is 0 Å². The smallest absolute Gasteiger partial charge is 0.233 e. The van der Waals surface area contributed by atoms with E-state index in [1.165, 1.54) is 0 Å². The molecule has 4 aromatic rings. The molecule has 0 spiro atoms. The fraction of sp³-hybridized carbons (Fsp3) is 0.217. The molecule has 0 amide bonds. The van der Waals surface area contributed by atoms with Crippen LogP contribution in [-0.2, 0) is 0 Å². The number of rotatable bonds is 6. The third kappa shape index (κ3) is 4.84. The van der Waals surface area contributed by atoms with Crippen molar-refractivity contribution in [2.75, 3.05) is 43.4 Å². The molecule has 4 heterocycles. The number of nitrogens with one attached hydrogen (secondary N) is 2. The van der Waals surface area contributed by atoms with Crippen LogP contribution in [0.5, 0.6) is 0 Å². The Hall–Kier alpha value is -3.56. The van der Waals surface area contributed by atoms with E-state index in [1.54, 1.807) is 11.3 Å². The molecule has 1 saturated heterocycles. The normalized spacial score (nSPS) is 14.8. The van der Waals surface area contributed by atoms with Gasteiger partial charge in [0.1, 0.15) is 0 Å². The lowest BCUT2D eigenvalue weighted by Gasteiger charge is -2.32. The van der Waals surface area contributed by atoms with Crippen LogP contribution in [0.15, 0.2) is 53.9 Å². The fourth-order valence-electron chi connectivity index (χ4n) is 3.45. The van der Waals surface area contributed by atoms with Crippen molar-refractivity contribution in [3.05, 3.63) is 65.3 Å². The first-order valence-corrected chi connectivity index (χ1v) is 11.4. The van der Waals surface area contributed by atoms with Crippen LogP contribution in [0.1, 0.15) is 11.4 Å². The third-order valence-electron chi connectivity index (χ3n) is 5.26. The highest BCUT2D eigenvalue weighted by Crippen LogP contribution is 2.25. The average Bonchev–Trinajstić information content (AvgIpc) is 3.51. The summed E-state index contributed by atoms with van der Waals surface area (Å²) in [6, 6.07) is 16.2. The summed E-state index contributed by atoms with van der Waals surface area (Å²) in [4.78, 5) is 19.7. The quantitative estimate of drug-likeness (QED) is 0.465. The summed E-state index contributed by atoms with van der Waals surface area (Å²) in [5.74, 6) is 2.43. The molecule has 5 rings (SSSR count). The highest BCUT2D eigenvalue weighted by molar-refractivity contribution is 7.13. The number of nitrogens with zero attached hydrogens (tertiary/aromatic N) is 6. The second-order valence-electron chi connectivity index (χ2n) is 7.62. The van der Waals surface area contributed by atoms with Gasteiger partial charge in [-0.2, -0.15) is 20.1 Å². The summed E-state index contributed by atoms with van der Waals surface area (Å²) < 4.78 is 0. The first-order chi connectivity index (χ1) is 15.7. The molecule has 0 bridgehead atoms. The fourth-order valence-corrected chi connectivity index (χ4v) is 4.14. The molecule has 1 aromatic carbocycles. The zero-order valence-corrected chi connectivity index (χ0v) is 18.6. The van der Waals surface area contributed by atoms with E-state index >= 15 is 0 Å². The van der Waals surface area contributed by atoms with Crippen molar-refractivity contribution in [2.24, 2.45) is 0 Å². The van der Waals surface area contributed by atoms with Crippen molar-refractivity contribution < 1.29 is 0 Å². The average molecular weight is 445 g/mol. The molecule has 0 radical (unpaired) electrons. The molecule has 0 aliphatic carbocycles. The zero-order chi connectivity index (χ0) is 21.8. The Morgan fingerprint density at radius 1 is 0.969 bits per heavy atom. The standard InChI is InChI=1S/C23H24N8S/c1-30-11-13-31(14-12-30)23-26-20(10-9-17-6-3-2-4-7-17)24-22(27-23)25-21-16-18(28-29-21)19-8-5-15-32-19/h2-10,15-16H,11-14H2,1H3,(H2,24,25,26,27,28,29)/b10-9+. The van der Waals surface area contributed by atoms with Gasteiger partial charge in [-0.25, -0.2) is 0 Å². The molecule has 9 heteroatoms. The molecule has 32 heavy (non-hydrogen) atoms. The number of anilines is 3. The highest BCUT2D eigenvalue weighted by atomic mass is 32.1. The number of aromatic amines is 1. The maximum Gasteiger partial charge on any atom is 0.233 e. The molecule has 1 aliphatic rings. The molecule has 1 fully saturated rings. The van der Waals surface area contributed by atoms with Gasteiger partial charge in [-0.3, -0.25) is 5.10 Å². The minimum atomic E-state index is 0.478. The van der Waals surface area contributed by atoms with E-state index in [0.29, 0.717) is 23.5 Å². The van der Waals surface area contributed by atoms with Gasteiger partial charge < -0.3 is 15.1 Å². The Bertz CT molecular complexity index is 1180. The van der Waals surface area contributed by atoms with Gasteiger partial charge in [-0.1, -0.05) is 42.5 Å². The van der Waals surface area contributed by atoms with Crippen molar-refractivity contribution in [3.8, 4) is 10.6 Å². The Kier molecular flexibility index (Phi) is 5.91. The largest absolute Gasteiger partial charge is 0.338 e. The van der Waals surface area contributed by atoms with Gasteiger partial charge >= 0.3 is 0 Å². The monoisotopic (exact) mass is 444 g/mol. The van der Waals surface area contributed by atoms with Crippen LogP contribution < -0.4 is 10.2 Å². The number of hydrogen-bond donors (Lipinski definition) is 2. The van der Waals surface area contributed by atoms with E-state index in [2.05, 4.69) is 43.4 Å². The maximum absolute atomic E-state index is 4.72. The third-order valence-corrected chi connectivity index (χ3v) is 6.16. The first kappa shape index (κ1) is 20.3. The Morgan fingerprint density at radius 3 is 2.59 bits per heavy atom. The zero-order valence-electron chi connectivity index (χ0n) is 17.8. The van der Waals surface area contributed by atoms with E-state index in [1.807, 2.05) is 60.0 Å².